The average molecular weight is 240 g/mol. The maximum atomic E-state index is 9.99. The second-order valence-electron chi connectivity index (χ2n) is 4.44. The first-order valence-electron chi connectivity index (χ1n) is 5.96. The molecule has 1 aliphatic carbocycles. The van der Waals surface area contributed by atoms with Crippen LogP contribution in [0.3, 0.4) is 0 Å². The molecule has 3 N–H and O–H groups in total. The van der Waals surface area contributed by atoms with Gasteiger partial charge in [-0.1, -0.05) is 24.1 Å². The highest BCUT2D eigenvalue weighted by Gasteiger charge is 2.17. The maximum absolute atomic E-state index is 9.99. The van der Waals surface area contributed by atoms with E-state index in [1.165, 1.54) is 24.8 Å². The monoisotopic (exact) mass is 239 g/mol. The van der Waals surface area contributed by atoms with Crippen molar-refractivity contribution in [2.45, 2.75) is 38.5 Å². The van der Waals surface area contributed by atoms with Gasteiger partial charge in [-0.3, -0.25) is 0 Å². The Morgan fingerprint density at radius 3 is 2.75 bits per heavy atom. The molecule has 0 saturated heterocycles. The van der Waals surface area contributed by atoms with E-state index in [0.717, 1.165) is 24.0 Å². The third kappa shape index (κ3) is 2.18. The van der Waals surface area contributed by atoms with Crippen LogP contribution in [-0.2, 0) is 19.3 Å². The highest BCUT2D eigenvalue weighted by Crippen LogP contribution is 2.36. The van der Waals surface area contributed by atoms with E-state index in [4.69, 9.17) is 17.3 Å². The molecular formula is C13H18ClNO. The number of hydrogen-bond donors (Lipinski definition) is 2. The number of fused-ring (bicyclic) bond motifs is 1. The van der Waals surface area contributed by atoms with Gasteiger partial charge in [-0.25, -0.2) is 0 Å². The van der Waals surface area contributed by atoms with E-state index in [9.17, 15) is 5.11 Å². The Morgan fingerprint density at radius 2 is 2.00 bits per heavy atom. The molecule has 2 rings (SSSR count). The van der Waals surface area contributed by atoms with Crippen molar-refractivity contribution in [3.63, 3.8) is 0 Å². The summed E-state index contributed by atoms with van der Waals surface area (Å²) in [6, 6.07) is 2.09. The first-order chi connectivity index (χ1) is 7.74. The van der Waals surface area contributed by atoms with E-state index < -0.39 is 0 Å². The largest absolute Gasteiger partial charge is 0.506 e. The van der Waals surface area contributed by atoms with Crippen LogP contribution in [0.25, 0.3) is 0 Å². The van der Waals surface area contributed by atoms with Gasteiger partial charge in [0.05, 0.1) is 5.02 Å². The minimum absolute atomic E-state index is 0.243. The zero-order chi connectivity index (χ0) is 11.5. The van der Waals surface area contributed by atoms with Crippen molar-refractivity contribution in [3.05, 3.63) is 27.8 Å². The number of halogens is 1. The van der Waals surface area contributed by atoms with Crippen molar-refractivity contribution in [2.24, 2.45) is 5.73 Å². The topological polar surface area (TPSA) is 46.2 Å². The standard InChI is InChI=1S/C13H18ClNO/c14-12-11-5-3-1-2-4-9(11)8-10(6-7-15)13(12)16/h8,16H,1-7,15H2. The number of phenolic OH excluding ortho intramolecular Hbond substituents is 1. The third-order valence-electron chi connectivity index (χ3n) is 3.30. The molecule has 0 saturated carbocycles. The Balaban J connectivity index is 2.46. The predicted octanol–water partition coefficient (Wildman–Crippen LogP) is 2.82. The Morgan fingerprint density at radius 1 is 1.25 bits per heavy atom. The number of benzene rings is 1. The predicted molar refractivity (Wildman–Crippen MR) is 67.1 cm³/mol. The van der Waals surface area contributed by atoms with Gasteiger partial charge in [-0.2, -0.15) is 0 Å². The first kappa shape index (κ1) is 11.7. The molecule has 0 bridgehead atoms. The van der Waals surface area contributed by atoms with Crippen LogP contribution in [0.5, 0.6) is 5.75 Å². The van der Waals surface area contributed by atoms with E-state index in [2.05, 4.69) is 6.07 Å². The number of aryl methyl sites for hydroxylation is 1. The van der Waals surface area contributed by atoms with Crippen molar-refractivity contribution >= 4 is 11.6 Å². The van der Waals surface area contributed by atoms with E-state index in [1.54, 1.807) is 0 Å². The van der Waals surface area contributed by atoms with Crippen molar-refractivity contribution in [2.75, 3.05) is 6.54 Å². The van der Waals surface area contributed by atoms with Crippen molar-refractivity contribution in [3.8, 4) is 5.75 Å². The molecule has 88 valence electrons. The summed E-state index contributed by atoms with van der Waals surface area (Å²) in [6.45, 7) is 0.544. The molecule has 1 aliphatic rings. The quantitative estimate of drug-likeness (QED) is 0.780. The highest BCUT2D eigenvalue weighted by atomic mass is 35.5. The highest BCUT2D eigenvalue weighted by molar-refractivity contribution is 6.33. The second kappa shape index (κ2) is 5.07. The molecule has 1 aromatic carbocycles. The van der Waals surface area contributed by atoms with Crippen LogP contribution >= 0.6 is 11.6 Å². The van der Waals surface area contributed by atoms with Gasteiger partial charge in [-0.05, 0) is 55.3 Å². The van der Waals surface area contributed by atoms with Gasteiger partial charge >= 0.3 is 0 Å². The molecule has 0 unspecified atom stereocenters. The smallest absolute Gasteiger partial charge is 0.137 e. The summed E-state index contributed by atoms with van der Waals surface area (Å²) in [7, 11) is 0. The van der Waals surface area contributed by atoms with E-state index >= 15 is 0 Å². The fourth-order valence-corrected chi connectivity index (χ4v) is 2.76. The fraction of sp³-hybridized carbons (Fsp3) is 0.538. The van der Waals surface area contributed by atoms with Gasteiger partial charge in [0.2, 0.25) is 0 Å². The number of nitrogens with two attached hydrogens (primary N) is 1. The minimum atomic E-state index is 0.243. The Bertz CT molecular complexity index is 390. The average Bonchev–Trinajstić information content (AvgIpc) is 2.51. The molecule has 0 radical (unpaired) electrons. The zero-order valence-electron chi connectivity index (χ0n) is 9.43. The van der Waals surface area contributed by atoms with Crippen LogP contribution in [0.4, 0.5) is 0 Å². The molecule has 0 aliphatic heterocycles. The van der Waals surface area contributed by atoms with E-state index in [0.29, 0.717) is 18.0 Å². The van der Waals surface area contributed by atoms with Crippen LogP contribution in [0.15, 0.2) is 6.07 Å². The lowest BCUT2D eigenvalue weighted by Crippen LogP contribution is -2.05. The summed E-state index contributed by atoms with van der Waals surface area (Å²) in [5, 5.41) is 10.5. The summed E-state index contributed by atoms with van der Waals surface area (Å²) in [4.78, 5) is 0. The van der Waals surface area contributed by atoms with Crippen molar-refractivity contribution < 1.29 is 5.11 Å². The molecular weight excluding hydrogens is 222 g/mol. The van der Waals surface area contributed by atoms with Gasteiger partial charge in [0.25, 0.3) is 0 Å². The van der Waals surface area contributed by atoms with Gasteiger partial charge in [-0.15, -0.1) is 0 Å². The zero-order valence-corrected chi connectivity index (χ0v) is 10.2. The summed E-state index contributed by atoms with van der Waals surface area (Å²) in [5.74, 6) is 0.243. The Kier molecular flexibility index (Phi) is 3.72. The third-order valence-corrected chi connectivity index (χ3v) is 3.71. The number of hydrogen-bond acceptors (Lipinski definition) is 2. The van der Waals surface area contributed by atoms with Crippen LogP contribution in [0, 0.1) is 0 Å². The summed E-state index contributed by atoms with van der Waals surface area (Å²) >= 11 is 6.23. The number of aromatic hydroxyl groups is 1. The lowest BCUT2D eigenvalue weighted by atomic mass is 9.97. The SMILES string of the molecule is NCCc1cc2c(c(Cl)c1O)CCCCC2. The van der Waals surface area contributed by atoms with Gasteiger partial charge in [0, 0.05) is 0 Å². The number of phenols is 1. The lowest BCUT2D eigenvalue weighted by Gasteiger charge is -2.13. The summed E-state index contributed by atoms with van der Waals surface area (Å²) in [5.41, 5.74) is 8.89. The first-order valence-corrected chi connectivity index (χ1v) is 6.34. The van der Waals surface area contributed by atoms with Gasteiger partial charge < -0.3 is 10.8 Å². The Labute approximate surface area is 101 Å². The van der Waals surface area contributed by atoms with Gasteiger partial charge in [0.15, 0.2) is 0 Å². The molecule has 2 nitrogen and oxygen atoms in total. The van der Waals surface area contributed by atoms with Crippen LogP contribution < -0.4 is 5.73 Å². The maximum Gasteiger partial charge on any atom is 0.137 e. The molecule has 0 heterocycles. The normalized spacial score (nSPS) is 15.6. The van der Waals surface area contributed by atoms with Crippen molar-refractivity contribution in [1.82, 2.24) is 0 Å². The molecule has 16 heavy (non-hydrogen) atoms. The summed E-state index contributed by atoms with van der Waals surface area (Å²) < 4.78 is 0. The van der Waals surface area contributed by atoms with Crippen LogP contribution in [0.2, 0.25) is 5.02 Å². The van der Waals surface area contributed by atoms with Crippen LogP contribution in [0.1, 0.15) is 36.0 Å². The molecule has 0 spiro atoms. The van der Waals surface area contributed by atoms with Crippen LogP contribution in [-0.4, -0.2) is 11.7 Å². The molecule has 0 aromatic heterocycles. The minimum Gasteiger partial charge on any atom is -0.506 e. The van der Waals surface area contributed by atoms with Crippen molar-refractivity contribution in [1.29, 1.82) is 0 Å². The second-order valence-corrected chi connectivity index (χ2v) is 4.81. The van der Waals surface area contributed by atoms with Gasteiger partial charge in [0.1, 0.15) is 5.75 Å². The molecule has 0 atom stereocenters. The molecule has 3 heteroatoms. The summed E-state index contributed by atoms with van der Waals surface area (Å²) in [6.07, 6.45) is 6.40. The lowest BCUT2D eigenvalue weighted by molar-refractivity contribution is 0.467. The number of rotatable bonds is 2. The van der Waals surface area contributed by atoms with E-state index in [1.807, 2.05) is 0 Å². The molecule has 0 fully saturated rings. The molecule has 0 amide bonds. The van der Waals surface area contributed by atoms with E-state index in [-0.39, 0.29) is 5.75 Å². The molecule has 1 aromatic rings. The fourth-order valence-electron chi connectivity index (χ4n) is 2.42. The Hall–Kier alpha value is -0.730.